The van der Waals surface area contributed by atoms with Gasteiger partial charge in [-0.2, -0.15) is 5.10 Å². The van der Waals surface area contributed by atoms with Crippen molar-refractivity contribution in [2.24, 2.45) is 5.73 Å². The van der Waals surface area contributed by atoms with Gasteiger partial charge in [0.1, 0.15) is 0 Å². The molecule has 2 amide bonds. The molecule has 0 radical (unpaired) electrons. The van der Waals surface area contributed by atoms with E-state index in [4.69, 9.17) is 5.73 Å². The van der Waals surface area contributed by atoms with E-state index >= 15 is 0 Å². The summed E-state index contributed by atoms with van der Waals surface area (Å²) in [7, 11) is 0. The van der Waals surface area contributed by atoms with Gasteiger partial charge in [0.2, 0.25) is 11.8 Å². The summed E-state index contributed by atoms with van der Waals surface area (Å²) in [4.78, 5) is 26.8. The molecule has 0 bridgehead atoms. The first-order valence-electron chi connectivity index (χ1n) is 9.09. The van der Waals surface area contributed by atoms with Crippen LogP contribution in [-0.4, -0.2) is 40.0 Å². The van der Waals surface area contributed by atoms with Gasteiger partial charge in [0.15, 0.2) is 0 Å². The highest BCUT2D eigenvalue weighted by atomic mass is 16.2. The van der Waals surface area contributed by atoms with Gasteiger partial charge in [-0.3, -0.25) is 14.7 Å². The number of amides is 2. The van der Waals surface area contributed by atoms with Crippen LogP contribution >= 0.6 is 0 Å². The van der Waals surface area contributed by atoms with Crippen molar-refractivity contribution in [1.82, 2.24) is 15.1 Å². The van der Waals surface area contributed by atoms with Crippen LogP contribution in [0.2, 0.25) is 0 Å². The molecule has 2 heterocycles. The van der Waals surface area contributed by atoms with Crippen molar-refractivity contribution in [3.8, 4) is 0 Å². The van der Waals surface area contributed by atoms with E-state index in [2.05, 4.69) is 30.1 Å². The molecule has 1 fully saturated rings. The topological polar surface area (TPSA) is 92.1 Å². The lowest BCUT2D eigenvalue weighted by atomic mass is 9.69. The number of hydrogen-bond donors (Lipinski definition) is 2. The first kappa shape index (κ1) is 18.2. The number of nitrogens with one attached hydrogen (secondary N) is 1. The van der Waals surface area contributed by atoms with Crippen molar-refractivity contribution >= 4 is 11.8 Å². The molecule has 1 aromatic heterocycles. The fraction of sp³-hybridized carbons (Fsp3) is 0.450. The van der Waals surface area contributed by atoms with E-state index in [1.165, 1.54) is 0 Å². The maximum absolute atomic E-state index is 12.5. The van der Waals surface area contributed by atoms with Gasteiger partial charge in [0.05, 0.1) is 18.0 Å². The van der Waals surface area contributed by atoms with Crippen LogP contribution < -0.4 is 5.73 Å². The fourth-order valence-corrected chi connectivity index (χ4v) is 3.88. The molecule has 0 aliphatic carbocycles. The van der Waals surface area contributed by atoms with Crippen LogP contribution in [0.25, 0.3) is 0 Å². The average Bonchev–Trinajstić information content (AvgIpc) is 3.14. The number of benzene rings is 1. The van der Waals surface area contributed by atoms with E-state index in [0.717, 1.165) is 16.7 Å². The summed E-state index contributed by atoms with van der Waals surface area (Å²) >= 11 is 0. The second-order valence-corrected chi connectivity index (χ2v) is 7.35. The van der Waals surface area contributed by atoms with Gasteiger partial charge in [-0.05, 0) is 35.4 Å². The van der Waals surface area contributed by atoms with Crippen molar-refractivity contribution in [1.29, 1.82) is 0 Å². The average molecular weight is 354 g/mol. The molecule has 0 spiro atoms. The molecule has 1 aliphatic rings. The van der Waals surface area contributed by atoms with E-state index in [0.29, 0.717) is 38.3 Å². The second-order valence-electron chi connectivity index (χ2n) is 7.35. The van der Waals surface area contributed by atoms with Crippen LogP contribution in [0.3, 0.4) is 0 Å². The van der Waals surface area contributed by atoms with Gasteiger partial charge in [-0.25, -0.2) is 0 Å². The Hall–Kier alpha value is -2.63. The number of nitrogens with two attached hydrogens (primary N) is 1. The van der Waals surface area contributed by atoms with Gasteiger partial charge in [0, 0.05) is 19.3 Å². The summed E-state index contributed by atoms with van der Waals surface area (Å²) < 4.78 is 0. The molecule has 6 heteroatoms. The number of piperidine rings is 1. The number of rotatable bonds is 5. The molecule has 3 rings (SSSR count). The summed E-state index contributed by atoms with van der Waals surface area (Å²) in [5.74, 6) is 0.0670. The van der Waals surface area contributed by atoms with Crippen LogP contribution in [0, 0.1) is 0 Å². The highest BCUT2D eigenvalue weighted by Crippen LogP contribution is 2.39. The highest BCUT2D eigenvalue weighted by Gasteiger charge is 2.43. The zero-order valence-corrected chi connectivity index (χ0v) is 15.4. The Labute approximate surface area is 153 Å². The molecule has 0 atom stereocenters. The molecule has 1 aromatic carbocycles. The standard InChI is InChI=1S/C20H26N4O2/c1-14(2)16-5-3-4-6-17(16)20(19(21)26)7-9-24(10-8-20)18(25)11-15-12-22-23-13-15/h3-6,12-14H,7-11H2,1-2H3,(H2,21,26)(H,22,23). The molecule has 0 saturated carbocycles. The number of carbonyl (C=O) groups is 2. The van der Waals surface area contributed by atoms with E-state index in [-0.39, 0.29) is 11.8 Å². The second kappa shape index (κ2) is 7.32. The Morgan fingerprint density at radius 1 is 1.27 bits per heavy atom. The lowest BCUT2D eigenvalue weighted by molar-refractivity contribution is -0.135. The van der Waals surface area contributed by atoms with Crippen LogP contribution in [0.15, 0.2) is 36.7 Å². The Balaban J connectivity index is 1.80. The third-order valence-corrected chi connectivity index (χ3v) is 5.45. The van der Waals surface area contributed by atoms with E-state index in [1.807, 2.05) is 23.1 Å². The molecular formula is C20H26N4O2. The quantitative estimate of drug-likeness (QED) is 0.861. The van der Waals surface area contributed by atoms with Crippen LogP contribution in [0.1, 0.15) is 49.3 Å². The maximum Gasteiger partial charge on any atom is 0.228 e. The minimum absolute atomic E-state index is 0.0571. The van der Waals surface area contributed by atoms with Crippen molar-refractivity contribution in [2.45, 2.75) is 44.4 Å². The van der Waals surface area contributed by atoms with Crippen LogP contribution in [0.4, 0.5) is 0 Å². The molecule has 0 unspecified atom stereocenters. The van der Waals surface area contributed by atoms with Crippen molar-refractivity contribution in [2.75, 3.05) is 13.1 Å². The normalized spacial score (nSPS) is 16.7. The minimum atomic E-state index is -0.701. The SMILES string of the molecule is CC(C)c1ccccc1C1(C(N)=O)CCN(C(=O)Cc2cn[nH]c2)CC1. The molecule has 1 aliphatic heterocycles. The summed E-state index contributed by atoms with van der Waals surface area (Å²) in [6.07, 6.45) is 4.83. The number of hydrogen-bond acceptors (Lipinski definition) is 3. The Morgan fingerprint density at radius 2 is 1.96 bits per heavy atom. The first-order chi connectivity index (χ1) is 12.4. The van der Waals surface area contributed by atoms with Gasteiger partial charge < -0.3 is 10.6 Å². The van der Waals surface area contributed by atoms with E-state index in [1.54, 1.807) is 12.4 Å². The van der Waals surface area contributed by atoms with E-state index in [9.17, 15) is 9.59 Å². The molecule has 138 valence electrons. The summed E-state index contributed by atoms with van der Waals surface area (Å²) in [6.45, 7) is 5.31. The molecule has 3 N–H and O–H groups in total. The molecule has 1 saturated heterocycles. The molecule has 2 aromatic rings. The Kier molecular flexibility index (Phi) is 5.11. The summed E-state index contributed by atoms with van der Waals surface area (Å²) in [5.41, 5.74) is 8.22. The first-order valence-corrected chi connectivity index (χ1v) is 9.09. The maximum atomic E-state index is 12.5. The van der Waals surface area contributed by atoms with Crippen molar-refractivity contribution < 1.29 is 9.59 Å². The molecule has 26 heavy (non-hydrogen) atoms. The van der Waals surface area contributed by atoms with Gasteiger partial charge in [-0.15, -0.1) is 0 Å². The van der Waals surface area contributed by atoms with E-state index < -0.39 is 5.41 Å². The largest absolute Gasteiger partial charge is 0.369 e. The third-order valence-electron chi connectivity index (χ3n) is 5.45. The number of carbonyl (C=O) groups excluding carboxylic acids is 2. The van der Waals surface area contributed by atoms with Crippen molar-refractivity contribution in [3.05, 3.63) is 53.3 Å². The number of H-pyrrole nitrogens is 1. The lowest BCUT2D eigenvalue weighted by Crippen LogP contribution is -2.52. The summed E-state index contributed by atoms with van der Waals surface area (Å²) in [6, 6.07) is 8.05. The number of likely N-dealkylation sites (tertiary alicyclic amines) is 1. The molecular weight excluding hydrogens is 328 g/mol. The number of nitrogens with zero attached hydrogens (tertiary/aromatic N) is 2. The Morgan fingerprint density at radius 3 is 2.54 bits per heavy atom. The number of aromatic nitrogens is 2. The zero-order valence-electron chi connectivity index (χ0n) is 15.4. The highest BCUT2D eigenvalue weighted by molar-refractivity contribution is 5.88. The fourth-order valence-electron chi connectivity index (χ4n) is 3.88. The predicted octanol–water partition coefficient (Wildman–Crippen LogP) is 2.12. The lowest BCUT2D eigenvalue weighted by Gasteiger charge is -2.41. The number of primary amides is 1. The predicted molar refractivity (Wildman–Crippen MR) is 99.5 cm³/mol. The van der Waals surface area contributed by atoms with Gasteiger partial charge >= 0.3 is 0 Å². The smallest absolute Gasteiger partial charge is 0.228 e. The molecule has 6 nitrogen and oxygen atoms in total. The van der Waals surface area contributed by atoms with Crippen LogP contribution in [0.5, 0.6) is 0 Å². The third kappa shape index (κ3) is 3.36. The van der Waals surface area contributed by atoms with Gasteiger partial charge in [-0.1, -0.05) is 38.1 Å². The van der Waals surface area contributed by atoms with Crippen molar-refractivity contribution in [3.63, 3.8) is 0 Å². The number of aromatic amines is 1. The van der Waals surface area contributed by atoms with Crippen LogP contribution in [-0.2, 0) is 21.4 Å². The summed E-state index contributed by atoms with van der Waals surface area (Å²) in [5, 5.41) is 6.60. The zero-order chi connectivity index (χ0) is 18.7. The minimum Gasteiger partial charge on any atom is -0.369 e. The monoisotopic (exact) mass is 354 g/mol. The van der Waals surface area contributed by atoms with Gasteiger partial charge in [0.25, 0.3) is 0 Å². The Bertz CT molecular complexity index is 775.